The van der Waals surface area contributed by atoms with E-state index in [0.29, 0.717) is 12.2 Å². The Morgan fingerprint density at radius 3 is 2.41 bits per heavy atom. The number of pyridine rings is 1. The summed E-state index contributed by atoms with van der Waals surface area (Å²) in [6, 6.07) is 21.7. The smallest absolute Gasteiger partial charge is 0.270 e. The van der Waals surface area contributed by atoms with E-state index in [0.717, 1.165) is 16.9 Å². The number of nitrogens with one attached hydrogen (secondary N) is 2. The minimum absolute atomic E-state index is 0.0203. The Labute approximate surface area is 160 Å². The first kappa shape index (κ1) is 18.6. The van der Waals surface area contributed by atoms with E-state index in [1.54, 1.807) is 12.3 Å². The molecule has 138 valence electrons. The van der Waals surface area contributed by atoms with Gasteiger partial charge in [0.1, 0.15) is 5.69 Å². The summed E-state index contributed by atoms with van der Waals surface area (Å²) in [5.74, 6) is -0.188. The fourth-order valence-electron chi connectivity index (χ4n) is 2.90. The zero-order valence-corrected chi connectivity index (χ0v) is 16.0. The number of hydrogen-bond donors (Lipinski definition) is 2. The number of carbonyl (C=O) groups is 1. The molecule has 4 heteroatoms. The summed E-state index contributed by atoms with van der Waals surface area (Å²) in [5.41, 5.74) is 4.56. The highest BCUT2D eigenvalue weighted by Gasteiger charge is 2.17. The molecule has 0 spiro atoms. The summed E-state index contributed by atoms with van der Waals surface area (Å²) >= 11 is 0. The number of rotatable bonds is 5. The van der Waals surface area contributed by atoms with E-state index >= 15 is 0 Å². The van der Waals surface area contributed by atoms with Crippen LogP contribution >= 0.6 is 0 Å². The van der Waals surface area contributed by atoms with Gasteiger partial charge in [0.25, 0.3) is 5.91 Å². The Balaban J connectivity index is 1.74. The highest BCUT2D eigenvalue weighted by atomic mass is 16.1. The van der Waals surface area contributed by atoms with Crippen molar-refractivity contribution in [2.75, 3.05) is 5.32 Å². The molecule has 3 aromatic rings. The van der Waals surface area contributed by atoms with Gasteiger partial charge in [0.15, 0.2) is 0 Å². The highest BCUT2D eigenvalue weighted by Crippen LogP contribution is 2.31. The molecule has 0 atom stereocenters. The summed E-state index contributed by atoms with van der Waals surface area (Å²) < 4.78 is 0. The standard InChI is InChI=1S/C23H25N3O/c1-23(2,3)19-11-7-8-12-20(19)26-18-13-14-24-21(15-18)22(27)25-16-17-9-5-4-6-10-17/h4-15H,16H2,1-3H3,(H,24,26)(H,25,27). The van der Waals surface area contributed by atoms with Crippen LogP contribution in [0.15, 0.2) is 72.9 Å². The molecule has 0 aliphatic carbocycles. The van der Waals surface area contributed by atoms with Crippen LogP contribution < -0.4 is 10.6 Å². The Morgan fingerprint density at radius 1 is 0.963 bits per heavy atom. The van der Waals surface area contributed by atoms with Crippen LogP contribution in [0.3, 0.4) is 0 Å². The van der Waals surface area contributed by atoms with Crippen LogP contribution in [-0.2, 0) is 12.0 Å². The second-order valence-corrected chi connectivity index (χ2v) is 7.52. The molecule has 0 bridgehead atoms. The number of nitrogens with zero attached hydrogens (tertiary/aromatic N) is 1. The third-order valence-electron chi connectivity index (χ3n) is 4.30. The maximum atomic E-state index is 12.4. The lowest BCUT2D eigenvalue weighted by atomic mass is 9.86. The SMILES string of the molecule is CC(C)(C)c1ccccc1Nc1ccnc(C(=O)NCc2ccccc2)c1. The lowest BCUT2D eigenvalue weighted by molar-refractivity contribution is 0.0946. The molecule has 4 nitrogen and oxygen atoms in total. The van der Waals surface area contributed by atoms with Crippen LogP contribution in [0.1, 0.15) is 42.4 Å². The van der Waals surface area contributed by atoms with Gasteiger partial charge in [0.2, 0.25) is 0 Å². The summed E-state index contributed by atoms with van der Waals surface area (Å²) in [6.07, 6.45) is 1.65. The Bertz CT molecular complexity index is 914. The normalized spacial score (nSPS) is 11.1. The van der Waals surface area contributed by atoms with Crippen LogP contribution in [0, 0.1) is 0 Å². The number of benzene rings is 2. The first-order valence-electron chi connectivity index (χ1n) is 9.08. The maximum absolute atomic E-state index is 12.4. The molecule has 2 N–H and O–H groups in total. The lowest BCUT2D eigenvalue weighted by Crippen LogP contribution is -2.23. The van der Waals surface area contributed by atoms with Gasteiger partial charge in [-0.25, -0.2) is 0 Å². The van der Waals surface area contributed by atoms with E-state index in [1.807, 2.05) is 48.5 Å². The van der Waals surface area contributed by atoms with Gasteiger partial charge in [-0.1, -0.05) is 69.3 Å². The molecule has 0 aliphatic rings. The number of carbonyl (C=O) groups excluding carboxylic acids is 1. The van der Waals surface area contributed by atoms with Crippen LogP contribution in [0.25, 0.3) is 0 Å². The van der Waals surface area contributed by atoms with Crippen molar-refractivity contribution in [2.45, 2.75) is 32.7 Å². The number of amides is 1. The Kier molecular flexibility index (Phi) is 5.55. The summed E-state index contributed by atoms with van der Waals surface area (Å²) in [5, 5.41) is 6.34. The zero-order chi connectivity index (χ0) is 19.3. The van der Waals surface area contributed by atoms with Gasteiger partial charge < -0.3 is 10.6 Å². The van der Waals surface area contributed by atoms with Crippen molar-refractivity contribution in [3.63, 3.8) is 0 Å². The van der Waals surface area contributed by atoms with Crippen LogP contribution in [-0.4, -0.2) is 10.9 Å². The lowest BCUT2D eigenvalue weighted by Gasteiger charge is -2.23. The Morgan fingerprint density at radius 2 is 1.67 bits per heavy atom. The van der Waals surface area contributed by atoms with Crippen molar-refractivity contribution in [3.05, 3.63) is 89.7 Å². The number of anilines is 2. The maximum Gasteiger partial charge on any atom is 0.270 e. The number of aromatic nitrogens is 1. The summed E-state index contributed by atoms with van der Waals surface area (Å²) in [6.45, 7) is 7.03. The molecule has 1 heterocycles. The second kappa shape index (κ2) is 8.04. The van der Waals surface area contributed by atoms with Crippen molar-refractivity contribution < 1.29 is 4.79 Å². The largest absolute Gasteiger partial charge is 0.355 e. The highest BCUT2D eigenvalue weighted by molar-refractivity contribution is 5.93. The van der Waals surface area contributed by atoms with E-state index in [4.69, 9.17) is 0 Å². The fraction of sp³-hybridized carbons (Fsp3) is 0.217. The predicted molar refractivity (Wildman–Crippen MR) is 110 cm³/mol. The molecule has 1 aromatic heterocycles. The topological polar surface area (TPSA) is 54.0 Å². The van der Waals surface area contributed by atoms with Crippen molar-refractivity contribution in [2.24, 2.45) is 0 Å². The van der Waals surface area contributed by atoms with E-state index in [2.05, 4.69) is 48.5 Å². The molecule has 0 unspecified atom stereocenters. The average molecular weight is 359 g/mol. The van der Waals surface area contributed by atoms with E-state index in [1.165, 1.54) is 5.56 Å². The van der Waals surface area contributed by atoms with Gasteiger partial charge in [-0.3, -0.25) is 9.78 Å². The minimum atomic E-state index is -0.188. The van der Waals surface area contributed by atoms with Gasteiger partial charge in [-0.15, -0.1) is 0 Å². The van der Waals surface area contributed by atoms with Gasteiger partial charge in [0.05, 0.1) is 0 Å². The first-order chi connectivity index (χ1) is 12.9. The van der Waals surface area contributed by atoms with E-state index in [9.17, 15) is 4.79 Å². The molecule has 0 radical (unpaired) electrons. The molecule has 1 amide bonds. The third-order valence-corrected chi connectivity index (χ3v) is 4.30. The molecule has 2 aromatic carbocycles. The van der Waals surface area contributed by atoms with Crippen LogP contribution in [0.5, 0.6) is 0 Å². The molecule has 0 saturated carbocycles. The molecular formula is C23H25N3O. The van der Waals surface area contributed by atoms with Gasteiger partial charge in [-0.2, -0.15) is 0 Å². The number of hydrogen-bond acceptors (Lipinski definition) is 3. The molecule has 0 aliphatic heterocycles. The quantitative estimate of drug-likeness (QED) is 0.670. The number of para-hydroxylation sites is 1. The van der Waals surface area contributed by atoms with Crippen LogP contribution in [0.2, 0.25) is 0 Å². The summed E-state index contributed by atoms with van der Waals surface area (Å²) in [4.78, 5) is 16.7. The molecule has 0 saturated heterocycles. The molecular weight excluding hydrogens is 334 g/mol. The third kappa shape index (κ3) is 4.94. The molecule has 3 rings (SSSR count). The van der Waals surface area contributed by atoms with Crippen molar-refractivity contribution in [3.8, 4) is 0 Å². The predicted octanol–water partition coefficient (Wildman–Crippen LogP) is 5.05. The first-order valence-corrected chi connectivity index (χ1v) is 9.08. The van der Waals surface area contributed by atoms with Crippen LogP contribution in [0.4, 0.5) is 11.4 Å². The fourth-order valence-corrected chi connectivity index (χ4v) is 2.90. The summed E-state index contributed by atoms with van der Waals surface area (Å²) in [7, 11) is 0. The zero-order valence-electron chi connectivity index (χ0n) is 16.0. The van der Waals surface area contributed by atoms with Gasteiger partial charge in [-0.05, 0) is 34.7 Å². The minimum Gasteiger partial charge on any atom is -0.355 e. The van der Waals surface area contributed by atoms with Gasteiger partial charge >= 0.3 is 0 Å². The van der Waals surface area contributed by atoms with Crippen molar-refractivity contribution in [1.29, 1.82) is 0 Å². The van der Waals surface area contributed by atoms with Gasteiger partial charge in [0, 0.05) is 24.1 Å². The second-order valence-electron chi connectivity index (χ2n) is 7.52. The van der Waals surface area contributed by atoms with Crippen molar-refractivity contribution >= 4 is 17.3 Å². The average Bonchev–Trinajstić information content (AvgIpc) is 2.67. The van der Waals surface area contributed by atoms with E-state index in [-0.39, 0.29) is 11.3 Å². The van der Waals surface area contributed by atoms with Crippen molar-refractivity contribution in [1.82, 2.24) is 10.3 Å². The molecule has 27 heavy (non-hydrogen) atoms. The Hall–Kier alpha value is -3.14. The monoisotopic (exact) mass is 359 g/mol. The van der Waals surface area contributed by atoms with E-state index < -0.39 is 0 Å². The molecule has 0 fully saturated rings.